The Bertz CT molecular complexity index is 1300. The van der Waals surface area contributed by atoms with Gasteiger partial charge in [0, 0.05) is 36.0 Å². The average molecular weight is 463 g/mol. The molecule has 1 aromatic heterocycles. The van der Waals surface area contributed by atoms with Crippen LogP contribution in [-0.2, 0) is 10.3 Å². The molecule has 0 N–H and O–H groups in total. The summed E-state index contributed by atoms with van der Waals surface area (Å²) in [6.07, 6.45) is 3.22. The Morgan fingerprint density at radius 1 is 1.03 bits per heavy atom. The number of carbonyl (C=O) groups excluding carboxylic acids is 2. The number of benzene rings is 2. The molecule has 174 valence electrons. The molecule has 0 unspecified atom stereocenters. The Morgan fingerprint density at radius 2 is 1.65 bits per heavy atom. The Kier molecular flexibility index (Phi) is 5.96. The number of nitrogens with zero attached hydrogens (tertiary/aromatic N) is 4. The molecule has 2 aromatic carbocycles. The third kappa shape index (κ3) is 4.05. The van der Waals surface area contributed by atoms with Crippen LogP contribution in [0.4, 0.5) is 19.3 Å². The lowest BCUT2D eigenvalue weighted by Crippen LogP contribution is -2.60. The van der Waals surface area contributed by atoms with Crippen LogP contribution in [0.2, 0.25) is 0 Å². The zero-order valence-corrected chi connectivity index (χ0v) is 19.3. The van der Waals surface area contributed by atoms with Crippen molar-refractivity contribution in [2.75, 3.05) is 11.9 Å². The molecule has 1 aliphatic heterocycles. The van der Waals surface area contributed by atoms with Crippen LogP contribution in [0.5, 0.6) is 0 Å². The number of carbonyl (C=O) groups is 2. The summed E-state index contributed by atoms with van der Waals surface area (Å²) in [5.74, 6) is 2.76. The molecule has 3 amide bonds. The molecular formula is C26H24F2N4O2. The van der Waals surface area contributed by atoms with E-state index in [-0.39, 0.29) is 18.0 Å². The van der Waals surface area contributed by atoms with Gasteiger partial charge in [-0.3, -0.25) is 9.48 Å². The van der Waals surface area contributed by atoms with Gasteiger partial charge in [-0.05, 0) is 45.0 Å². The molecule has 34 heavy (non-hydrogen) atoms. The maximum Gasteiger partial charge on any atom is 0.332 e. The van der Waals surface area contributed by atoms with E-state index >= 15 is 8.78 Å². The van der Waals surface area contributed by atoms with E-state index in [0.717, 1.165) is 12.1 Å². The molecule has 2 heterocycles. The maximum absolute atomic E-state index is 15.0. The zero-order valence-electron chi connectivity index (χ0n) is 19.3. The summed E-state index contributed by atoms with van der Waals surface area (Å²) < 4.78 is 31.8. The Balaban J connectivity index is 1.66. The van der Waals surface area contributed by atoms with Crippen LogP contribution < -0.4 is 4.90 Å². The molecular weight excluding hydrogens is 438 g/mol. The average Bonchev–Trinajstić information content (AvgIpc) is 3.30. The lowest BCUT2D eigenvalue weighted by Gasteiger charge is -2.45. The number of imide groups is 1. The third-order valence-electron chi connectivity index (χ3n) is 6.08. The molecule has 1 fully saturated rings. The van der Waals surface area contributed by atoms with Crippen LogP contribution in [0.1, 0.15) is 49.9 Å². The minimum Gasteiger partial charge on any atom is -0.317 e. The summed E-state index contributed by atoms with van der Waals surface area (Å²) in [4.78, 5) is 28.2. The van der Waals surface area contributed by atoms with Gasteiger partial charge in [-0.25, -0.2) is 18.5 Å². The molecule has 0 spiro atoms. The highest BCUT2D eigenvalue weighted by molar-refractivity contribution is 6.16. The zero-order chi connectivity index (χ0) is 24.6. The summed E-state index contributed by atoms with van der Waals surface area (Å²) in [7, 11) is 1.50. The van der Waals surface area contributed by atoms with Gasteiger partial charge in [0.05, 0.1) is 18.2 Å². The van der Waals surface area contributed by atoms with E-state index in [2.05, 4.69) is 16.9 Å². The van der Waals surface area contributed by atoms with E-state index in [9.17, 15) is 9.59 Å². The number of aromatic nitrogens is 2. The smallest absolute Gasteiger partial charge is 0.317 e. The largest absolute Gasteiger partial charge is 0.332 e. The number of halogens is 2. The normalized spacial score (nSPS) is 18.3. The first-order valence-electron chi connectivity index (χ1n) is 10.8. The minimum absolute atomic E-state index is 0.0961. The SMILES string of the molecule is CC(C)n1cc([C@]2(C)CC(=O)N(c3c(F)cc(C#Cc4ccccc4)cc3F)C(=O)N2C)cn1. The number of amides is 3. The van der Waals surface area contributed by atoms with Crippen LogP contribution in [0.3, 0.4) is 0 Å². The van der Waals surface area contributed by atoms with Crippen molar-refractivity contribution in [3.63, 3.8) is 0 Å². The van der Waals surface area contributed by atoms with E-state index in [1.165, 1.54) is 11.9 Å². The second kappa shape index (κ2) is 8.75. The topological polar surface area (TPSA) is 58.4 Å². The summed E-state index contributed by atoms with van der Waals surface area (Å²) in [5, 5.41) is 4.30. The second-order valence-corrected chi connectivity index (χ2v) is 8.73. The first-order chi connectivity index (χ1) is 16.1. The molecule has 0 bridgehead atoms. The third-order valence-corrected chi connectivity index (χ3v) is 6.08. The van der Waals surface area contributed by atoms with Crippen LogP contribution in [0.15, 0.2) is 54.9 Å². The number of urea groups is 1. The minimum atomic E-state index is -1.04. The maximum atomic E-state index is 15.0. The molecule has 8 heteroatoms. The molecule has 0 radical (unpaired) electrons. The van der Waals surface area contributed by atoms with Crippen LogP contribution in [-0.4, -0.2) is 33.7 Å². The monoisotopic (exact) mass is 462 g/mol. The number of rotatable bonds is 3. The fraction of sp³-hybridized carbons (Fsp3) is 0.269. The Hall–Kier alpha value is -3.99. The predicted molar refractivity (Wildman–Crippen MR) is 124 cm³/mol. The second-order valence-electron chi connectivity index (χ2n) is 8.73. The van der Waals surface area contributed by atoms with Crippen molar-refractivity contribution in [2.24, 2.45) is 0 Å². The van der Waals surface area contributed by atoms with Gasteiger partial charge >= 0.3 is 6.03 Å². The van der Waals surface area contributed by atoms with E-state index in [1.807, 2.05) is 19.9 Å². The highest BCUT2D eigenvalue weighted by Crippen LogP contribution is 2.39. The van der Waals surface area contributed by atoms with Crippen LogP contribution in [0, 0.1) is 23.5 Å². The lowest BCUT2D eigenvalue weighted by molar-refractivity contribution is -0.122. The summed E-state index contributed by atoms with van der Waals surface area (Å²) in [6, 6.07) is 10.3. The van der Waals surface area contributed by atoms with Gasteiger partial charge < -0.3 is 4.90 Å². The van der Waals surface area contributed by atoms with Crippen molar-refractivity contribution in [2.45, 2.75) is 38.8 Å². The van der Waals surface area contributed by atoms with Crippen LogP contribution in [0.25, 0.3) is 0 Å². The summed E-state index contributed by atoms with van der Waals surface area (Å²) in [6.45, 7) is 5.65. The first-order valence-corrected chi connectivity index (χ1v) is 10.8. The van der Waals surface area contributed by atoms with E-state index in [0.29, 0.717) is 16.0 Å². The Labute approximate surface area is 196 Å². The molecule has 4 rings (SSSR count). The van der Waals surface area contributed by atoms with Gasteiger partial charge in [0.2, 0.25) is 5.91 Å². The standard InChI is InChI=1S/C26H24F2N4O2/c1-17(2)31-16-20(15-29-31)26(3)14-23(33)32(25(34)30(26)4)24-21(27)12-19(13-22(24)28)11-10-18-8-6-5-7-9-18/h5-9,12-13,15-17H,14H2,1-4H3/t26-/m0/s1. The van der Waals surface area contributed by atoms with Crippen molar-refractivity contribution >= 4 is 17.6 Å². The van der Waals surface area contributed by atoms with Crippen molar-refractivity contribution < 1.29 is 18.4 Å². The van der Waals surface area contributed by atoms with Gasteiger partial charge in [0.15, 0.2) is 11.6 Å². The van der Waals surface area contributed by atoms with Crippen molar-refractivity contribution in [1.29, 1.82) is 0 Å². The molecule has 3 aromatic rings. The van der Waals surface area contributed by atoms with Gasteiger partial charge in [-0.1, -0.05) is 30.0 Å². The number of hydrogen-bond donors (Lipinski definition) is 0. The van der Waals surface area contributed by atoms with Crippen LogP contribution >= 0.6 is 0 Å². The van der Waals surface area contributed by atoms with Gasteiger partial charge in [-0.15, -0.1) is 0 Å². The van der Waals surface area contributed by atoms with Crippen molar-refractivity contribution in [1.82, 2.24) is 14.7 Å². The molecule has 0 saturated carbocycles. The van der Waals surface area contributed by atoms with E-state index in [1.54, 1.807) is 48.3 Å². The number of hydrogen-bond acceptors (Lipinski definition) is 3. The Morgan fingerprint density at radius 3 is 2.24 bits per heavy atom. The summed E-state index contributed by atoms with van der Waals surface area (Å²) >= 11 is 0. The number of anilines is 1. The lowest BCUT2D eigenvalue weighted by atomic mass is 9.87. The predicted octanol–water partition coefficient (Wildman–Crippen LogP) is 4.85. The highest BCUT2D eigenvalue weighted by Gasteiger charge is 2.48. The van der Waals surface area contributed by atoms with Crippen molar-refractivity contribution in [3.8, 4) is 11.8 Å². The quantitative estimate of drug-likeness (QED) is 0.523. The molecule has 6 nitrogen and oxygen atoms in total. The highest BCUT2D eigenvalue weighted by atomic mass is 19.1. The van der Waals surface area contributed by atoms with E-state index < -0.39 is 34.8 Å². The summed E-state index contributed by atoms with van der Waals surface area (Å²) in [5.41, 5.74) is -0.259. The molecule has 0 aliphatic carbocycles. The van der Waals surface area contributed by atoms with Crippen molar-refractivity contribution in [3.05, 3.63) is 83.2 Å². The van der Waals surface area contributed by atoms with Gasteiger partial charge in [0.1, 0.15) is 5.69 Å². The fourth-order valence-electron chi connectivity index (χ4n) is 3.89. The van der Waals surface area contributed by atoms with E-state index in [4.69, 9.17) is 0 Å². The molecule has 1 atom stereocenters. The molecule has 1 aliphatic rings. The van der Waals surface area contributed by atoms with Gasteiger partial charge in [0.25, 0.3) is 0 Å². The fourth-order valence-corrected chi connectivity index (χ4v) is 3.89. The molecule has 1 saturated heterocycles. The first kappa shape index (κ1) is 23.2. The van der Waals surface area contributed by atoms with Gasteiger partial charge in [-0.2, -0.15) is 5.10 Å².